The van der Waals surface area contributed by atoms with E-state index in [9.17, 15) is 0 Å². The van der Waals surface area contributed by atoms with Gasteiger partial charge in [0.15, 0.2) is 5.82 Å². The summed E-state index contributed by atoms with van der Waals surface area (Å²) in [7, 11) is 1.66. The Morgan fingerprint density at radius 3 is 2.44 bits per heavy atom. The van der Waals surface area contributed by atoms with Crippen LogP contribution in [0, 0.1) is 6.92 Å². The van der Waals surface area contributed by atoms with Gasteiger partial charge in [-0.25, -0.2) is 0 Å². The number of nitrogens with zero attached hydrogens (tertiary/aromatic N) is 3. The van der Waals surface area contributed by atoms with Crippen LogP contribution in [0.5, 0.6) is 5.75 Å². The smallest absolute Gasteiger partial charge is 0.156 e. The van der Waals surface area contributed by atoms with Crippen LogP contribution in [0.3, 0.4) is 0 Å². The second-order valence-electron chi connectivity index (χ2n) is 6.33. The third-order valence-corrected chi connectivity index (χ3v) is 4.63. The summed E-state index contributed by atoms with van der Waals surface area (Å²) in [5.41, 5.74) is 4.21. The number of hydrogen-bond donors (Lipinski definition) is 1. The second kappa shape index (κ2) is 7.41. The largest absolute Gasteiger partial charge is 0.497 e. The van der Waals surface area contributed by atoms with Crippen LogP contribution in [-0.4, -0.2) is 22.3 Å². The Hall–Kier alpha value is -3.47. The van der Waals surface area contributed by atoms with Gasteiger partial charge in [-0.05, 0) is 48.4 Å². The van der Waals surface area contributed by atoms with E-state index in [4.69, 9.17) is 4.74 Å². The van der Waals surface area contributed by atoms with Crippen LogP contribution < -0.4 is 10.1 Å². The van der Waals surface area contributed by atoms with Crippen molar-refractivity contribution in [3.63, 3.8) is 0 Å². The van der Waals surface area contributed by atoms with Crippen LogP contribution in [0.2, 0.25) is 0 Å². The number of hydrogen-bond acceptors (Lipinski definition) is 5. The van der Waals surface area contributed by atoms with Crippen LogP contribution in [-0.2, 0) is 6.54 Å². The van der Waals surface area contributed by atoms with Gasteiger partial charge < -0.3 is 10.1 Å². The first-order valence-corrected chi connectivity index (χ1v) is 8.79. The van der Waals surface area contributed by atoms with Crippen molar-refractivity contribution in [3.8, 4) is 17.0 Å². The second-order valence-corrected chi connectivity index (χ2v) is 6.33. The molecular weight excluding hydrogens is 336 g/mol. The molecule has 1 N–H and O–H groups in total. The van der Waals surface area contributed by atoms with Gasteiger partial charge in [-0.1, -0.05) is 24.3 Å². The number of anilines is 1. The fraction of sp³-hybridized carbons (Fsp3) is 0.136. The van der Waals surface area contributed by atoms with E-state index in [2.05, 4.69) is 39.6 Å². The third kappa shape index (κ3) is 3.44. The molecule has 5 heteroatoms. The lowest BCUT2D eigenvalue weighted by molar-refractivity contribution is 0.415. The van der Waals surface area contributed by atoms with Crippen molar-refractivity contribution in [1.29, 1.82) is 0 Å². The summed E-state index contributed by atoms with van der Waals surface area (Å²) in [4.78, 5) is 4.14. The van der Waals surface area contributed by atoms with Gasteiger partial charge in [0.2, 0.25) is 0 Å². The zero-order valence-corrected chi connectivity index (χ0v) is 15.3. The summed E-state index contributed by atoms with van der Waals surface area (Å²) in [6, 6.07) is 18.1. The molecule has 0 aliphatic heterocycles. The molecule has 0 radical (unpaired) electrons. The highest BCUT2D eigenvalue weighted by Gasteiger charge is 2.11. The Kier molecular flexibility index (Phi) is 4.66. The summed E-state index contributed by atoms with van der Waals surface area (Å²) in [5, 5.41) is 14.5. The molecule has 0 fully saturated rings. The summed E-state index contributed by atoms with van der Waals surface area (Å²) >= 11 is 0. The van der Waals surface area contributed by atoms with Crippen molar-refractivity contribution in [3.05, 3.63) is 78.1 Å². The predicted octanol–water partition coefficient (Wildman–Crippen LogP) is 4.62. The Morgan fingerprint density at radius 1 is 0.926 bits per heavy atom. The molecule has 4 aromatic rings. The maximum atomic E-state index is 5.24. The first-order chi connectivity index (χ1) is 13.3. The molecule has 0 aliphatic carbocycles. The molecule has 0 saturated heterocycles. The molecule has 0 spiro atoms. The van der Waals surface area contributed by atoms with Crippen molar-refractivity contribution in [1.82, 2.24) is 15.2 Å². The number of pyridine rings is 1. The number of nitrogens with one attached hydrogen (secondary N) is 1. The molecule has 5 nitrogen and oxygen atoms in total. The van der Waals surface area contributed by atoms with Gasteiger partial charge in [-0.2, -0.15) is 0 Å². The van der Waals surface area contributed by atoms with E-state index in [-0.39, 0.29) is 0 Å². The van der Waals surface area contributed by atoms with Crippen molar-refractivity contribution in [2.75, 3.05) is 12.4 Å². The minimum Gasteiger partial charge on any atom is -0.497 e. The average molecular weight is 356 g/mol. The SMILES string of the molecule is COc1ccc(-c2nnc(NCc3ccncc3C)c3ccccc23)cc1. The number of aryl methyl sites for hydroxylation is 1. The molecule has 27 heavy (non-hydrogen) atoms. The molecular formula is C22H20N4O. The molecule has 2 aromatic carbocycles. The number of ether oxygens (including phenoxy) is 1. The molecule has 0 atom stereocenters. The Labute approximate surface area is 158 Å². The summed E-state index contributed by atoms with van der Waals surface area (Å²) < 4.78 is 5.24. The zero-order chi connectivity index (χ0) is 18.6. The monoisotopic (exact) mass is 356 g/mol. The average Bonchev–Trinajstić information content (AvgIpc) is 2.73. The first kappa shape index (κ1) is 17.0. The highest BCUT2D eigenvalue weighted by molar-refractivity contribution is 6.00. The van der Waals surface area contributed by atoms with Crippen LogP contribution in [0.15, 0.2) is 67.0 Å². The van der Waals surface area contributed by atoms with E-state index in [1.807, 2.05) is 48.7 Å². The predicted molar refractivity (Wildman–Crippen MR) is 108 cm³/mol. The highest BCUT2D eigenvalue weighted by atomic mass is 16.5. The molecule has 2 heterocycles. The van der Waals surface area contributed by atoms with Gasteiger partial charge in [0, 0.05) is 35.3 Å². The van der Waals surface area contributed by atoms with E-state index in [1.165, 1.54) is 5.56 Å². The number of benzene rings is 2. The van der Waals surface area contributed by atoms with Crippen molar-refractivity contribution >= 4 is 16.6 Å². The molecule has 0 aliphatic rings. The normalized spacial score (nSPS) is 10.7. The van der Waals surface area contributed by atoms with Crippen LogP contribution in [0.25, 0.3) is 22.0 Å². The maximum absolute atomic E-state index is 5.24. The van der Waals surface area contributed by atoms with Gasteiger partial charge in [0.25, 0.3) is 0 Å². The van der Waals surface area contributed by atoms with Crippen molar-refractivity contribution < 1.29 is 4.74 Å². The fourth-order valence-corrected chi connectivity index (χ4v) is 3.08. The van der Waals surface area contributed by atoms with E-state index in [1.54, 1.807) is 13.3 Å². The minimum atomic E-state index is 0.676. The fourth-order valence-electron chi connectivity index (χ4n) is 3.08. The molecule has 0 bridgehead atoms. The standard InChI is InChI=1S/C22H20N4O/c1-15-13-23-12-11-17(15)14-24-22-20-6-4-3-5-19(20)21(25-26-22)16-7-9-18(27-2)10-8-16/h3-13H,14H2,1-2H3,(H,24,26). The first-order valence-electron chi connectivity index (χ1n) is 8.79. The van der Waals surface area contributed by atoms with Crippen LogP contribution >= 0.6 is 0 Å². The van der Waals surface area contributed by atoms with E-state index in [0.717, 1.165) is 39.2 Å². The zero-order valence-electron chi connectivity index (χ0n) is 15.3. The van der Waals surface area contributed by atoms with Crippen molar-refractivity contribution in [2.24, 2.45) is 0 Å². The molecule has 134 valence electrons. The van der Waals surface area contributed by atoms with Gasteiger partial charge in [-0.3, -0.25) is 4.98 Å². The molecule has 0 unspecified atom stereocenters. The minimum absolute atomic E-state index is 0.676. The number of methoxy groups -OCH3 is 1. The summed E-state index contributed by atoms with van der Waals surface area (Å²) in [5.74, 6) is 1.60. The third-order valence-electron chi connectivity index (χ3n) is 4.63. The number of rotatable bonds is 5. The summed E-state index contributed by atoms with van der Waals surface area (Å²) in [6.07, 6.45) is 3.67. The number of fused-ring (bicyclic) bond motifs is 1. The lowest BCUT2D eigenvalue weighted by atomic mass is 10.0. The van der Waals surface area contributed by atoms with Gasteiger partial charge >= 0.3 is 0 Å². The van der Waals surface area contributed by atoms with Crippen LogP contribution in [0.1, 0.15) is 11.1 Å². The van der Waals surface area contributed by atoms with Crippen molar-refractivity contribution in [2.45, 2.75) is 13.5 Å². The van der Waals surface area contributed by atoms with Gasteiger partial charge in [-0.15, -0.1) is 10.2 Å². The molecule has 0 saturated carbocycles. The maximum Gasteiger partial charge on any atom is 0.156 e. The highest BCUT2D eigenvalue weighted by Crippen LogP contribution is 2.30. The quantitative estimate of drug-likeness (QED) is 0.565. The van der Waals surface area contributed by atoms with Crippen LogP contribution in [0.4, 0.5) is 5.82 Å². The van der Waals surface area contributed by atoms with Gasteiger partial charge in [0.1, 0.15) is 11.4 Å². The molecule has 0 amide bonds. The Morgan fingerprint density at radius 2 is 1.70 bits per heavy atom. The lowest BCUT2D eigenvalue weighted by Crippen LogP contribution is -2.05. The Balaban J connectivity index is 1.70. The van der Waals surface area contributed by atoms with Gasteiger partial charge in [0.05, 0.1) is 7.11 Å². The molecule has 2 aromatic heterocycles. The number of aromatic nitrogens is 3. The van der Waals surface area contributed by atoms with E-state index in [0.29, 0.717) is 6.54 Å². The summed E-state index contributed by atoms with van der Waals surface area (Å²) in [6.45, 7) is 2.73. The van der Waals surface area contributed by atoms with E-state index >= 15 is 0 Å². The topological polar surface area (TPSA) is 59.9 Å². The molecule has 4 rings (SSSR count). The lowest BCUT2D eigenvalue weighted by Gasteiger charge is -2.12. The van der Waals surface area contributed by atoms with E-state index < -0.39 is 0 Å². The Bertz CT molecular complexity index is 1080.